The Morgan fingerprint density at radius 3 is 1.61 bits per heavy atom. The highest BCUT2D eigenvalue weighted by Crippen LogP contribution is 2.39. The molecule has 97 heavy (non-hydrogen) atoms. The molecule has 2 aliphatic heterocycles. The predicted octanol–water partition coefficient (Wildman–Crippen LogP) is 7.23. The first-order chi connectivity index (χ1) is 46.9. The first-order valence-electron chi connectivity index (χ1n) is 30.5. The molecule has 10 N–H and O–H groups in total. The number of phenols is 1. The maximum absolute atomic E-state index is 12.8. The lowest BCUT2D eigenvalue weighted by atomic mass is 10.1. The van der Waals surface area contributed by atoms with E-state index < -0.39 is 28.3 Å². The summed E-state index contributed by atoms with van der Waals surface area (Å²) in [5, 5.41) is 30.5. The largest absolute Gasteiger partial charge is 0.508 e. The van der Waals surface area contributed by atoms with Gasteiger partial charge in [-0.2, -0.15) is 9.98 Å². The molecule has 11 rings (SSSR count). The molecule has 0 saturated carbocycles. The van der Waals surface area contributed by atoms with Gasteiger partial charge in [0.15, 0.2) is 23.0 Å². The Hall–Kier alpha value is -11.6. The van der Waals surface area contributed by atoms with Crippen LogP contribution in [0.1, 0.15) is 58.0 Å². The van der Waals surface area contributed by atoms with Crippen molar-refractivity contribution in [3.8, 4) is 40.2 Å². The normalized spacial score (nSPS) is 12.0. The lowest BCUT2D eigenvalue weighted by molar-refractivity contribution is -0.384. The zero-order chi connectivity index (χ0) is 69.4. The summed E-state index contributed by atoms with van der Waals surface area (Å²) in [4.78, 5) is 92.6. The molecule has 0 unspecified atom stereocenters. The number of aryl methyl sites for hydroxylation is 1. The monoisotopic (exact) mass is 1350 g/mol. The molecule has 9 aromatic rings. The molecule has 0 aliphatic carbocycles. The van der Waals surface area contributed by atoms with E-state index in [1.54, 1.807) is 38.4 Å². The molecule has 4 aromatic heterocycles. The van der Waals surface area contributed by atoms with Gasteiger partial charge in [0.05, 0.1) is 43.5 Å². The quantitative estimate of drug-likeness (QED) is 0.0161. The number of fused-ring (bicyclic) bond motifs is 6. The number of hydrogen-bond acceptors (Lipinski definition) is 25. The van der Waals surface area contributed by atoms with Crippen molar-refractivity contribution in [3.05, 3.63) is 165 Å². The van der Waals surface area contributed by atoms with Gasteiger partial charge in [-0.25, -0.2) is 39.5 Å². The number of anilines is 4. The number of nitrogen functional groups attached to an aromatic ring is 2. The number of hydrogen-bond donors (Lipinski definition) is 7. The molecule has 6 heterocycles. The number of nitro groups is 1. The minimum Gasteiger partial charge on any atom is -0.508 e. The van der Waals surface area contributed by atoms with E-state index >= 15 is 0 Å². The zero-order valence-electron chi connectivity index (χ0n) is 53.8. The van der Waals surface area contributed by atoms with Crippen molar-refractivity contribution in [1.82, 2.24) is 49.3 Å². The molecule has 0 radical (unpaired) electrons. The number of benzene rings is 5. The van der Waals surface area contributed by atoms with Gasteiger partial charge in [-0.05, 0) is 118 Å². The fourth-order valence-electron chi connectivity index (χ4n) is 9.65. The number of nitro benzene ring substituents is 1. The molecule has 0 atom stereocenters. The van der Waals surface area contributed by atoms with E-state index in [2.05, 4.69) is 67.5 Å². The van der Waals surface area contributed by atoms with Crippen molar-refractivity contribution < 1.29 is 57.6 Å². The number of phenolic OH excluding ortho intramolecular Hbond substituents is 1. The van der Waals surface area contributed by atoms with Gasteiger partial charge in [0.2, 0.25) is 23.1 Å². The zero-order valence-corrected chi connectivity index (χ0v) is 54.5. The first-order valence-corrected chi connectivity index (χ1v) is 30.9. The summed E-state index contributed by atoms with van der Waals surface area (Å²) < 4.78 is 36.9. The fourth-order valence-corrected chi connectivity index (χ4v) is 9.74. The second-order valence-corrected chi connectivity index (χ2v) is 21.5. The van der Waals surface area contributed by atoms with Gasteiger partial charge in [-0.1, -0.05) is 37.6 Å². The van der Waals surface area contributed by atoms with E-state index in [-0.39, 0.29) is 45.7 Å². The molecule has 32 heteroatoms. The Morgan fingerprint density at radius 1 is 0.691 bits per heavy atom. The Labute approximate surface area is 560 Å². The number of non-ortho nitro benzene ring substituents is 1. The minimum atomic E-state index is -0.978. The van der Waals surface area contributed by atoms with Crippen LogP contribution < -0.4 is 72.8 Å². The summed E-state index contributed by atoms with van der Waals surface area (Å²) in [6.07, 6.45) is 9.28. The highest BCUT2D eigenvalue weighted by Gasteiger charge is 2.24. The molecule has 31 nitrogen and oxygen atoms in total. The van der Waals surface area contributed by atoms with Crippen LogP contribution in [0.15, 0.2) is 132 Å². The first kappa shape index (κ1) is 71.3. The van der Waals surface area contributed by atoms with Crippen LogP contribution in [-0.4, -0.2) is 152 Å². The summed E-state index contributed by atoms with van der Waals surface area (Å²) in [5.74, 6) is 3.64. The summed E-state index contributed by atoms with van der Waals surface area (Å²) in [6, 6.07) is 27.2. The number of aromatic nitrogens is 8. The van der Waals surface area contributed by atoms with E-state index in [1.165, 1.54) is 66.6 Å². The van der Waals surface area contributed by atoms with Gasteiger partial charge < -0.3 is 71.6 Å². The van der Waals surface area contributed by atoms with Crippen LogP contribution >= 0.6 is 11.6 Å². The number of nitrogens with one attached hydrogen (secondary N) is 3. The number of ether oxygens (including phenoxy) is 6. The van der Waals surface area contributed by atoms with Crippen LogP contribution in [0, 0.1) is 10.1 Å². The highest BCUT2D eigenvalue weighted by molar-refractivity contribution is 6.61. The maximum Gasteiger partial charge on any atom is 0.414 e. The number of carbonyl (C=O) groups is 4. The van der Waals surface area contributed by atoms with Gasteiger partial charge in [0, 0.05) is 99.1 Å². The lowest BCUT2D eigenvalue weighted by Gasteiger charge is -2.18. The van der Waals surface area contributed by atoms with Gasteiger partial charge in [0.25, 0.3) is 17.5 Å². The van der Waals surface area contributed by atoms with Crippen molar-refractivity contribution in [2.45, 2.75) is 52.1 Å². The molecular formula is C65H73ClN18O13. The second-order valence-electron chi connectivity index (χ2n) is 21.1. The van der Waals surface area contributed by atoms with Crippen molar-refractivity contribution >= 4 is 86.0 Å². The number of carbonyl (C=O) groups excluding carboxylic acids is 4. The molecule has 0 fully saturated rings. The molecular weight excluding hydrogens is 1280 g/mol. The number of nitrogens with two attached hydrogens (primary N) is 3. The van der Waals surface area contributed by atoms with Crippen LogP contribution in [0.2, 0.25) is 0 Å². The topological polar surface area (TPSA) is 416 Å². The van der Waals surface area contributed by atoms with Crippen molar-refractivity contribution in [2.75, 3.05) is 96.4 Å². The average molecular weight is 1350 g/mol. The van der Waals surface area contributed by atoms with E-state index in [0.29, 0.717) is 104 Å². The smallest absolute Gasteiger partial charge is 0.414 e. The molecule has 0 bridgehead atoms. The Balaban J connectivity index is 0.000000191. The summed E-state index contributed by atoms with van der Waals surface area (Å²) in [6.45, 7) is 7.37. The number of amides is 3. The number of aromatic hydroxyl groups is 1. The number of methoxy groups -OCH3 is 2. The van der Waals surface area contributed by atoms with Crippen LogP contribution in [0.5, 0.6) is 40.2 Å². The summed E-state index contributed by atoms with van der Waals surface area (Å²) in [7, 11) is 6.66. The highest BCUT2D eigenvalue weighted by atomic mass is 35.5. The van der Waals surface area contributed by atoms with E-state index in [1.807, 2.05) is 64.7 Å². The number of nitrogens with zero attached hydrogens (tertiary/aromatic N) is 12. The van der Waals surface area contributed by atoms with Gasteiger partial charge in [0.1, 0.15) is 39.9 Å². The van der Waals surface area contributed by atoms with E-state index in [4.69, 9.17) is 57.6 Å². The Morgan fingerprint density at radius 2 is 1.15 bits per heavy atom. The van der Waals surface area contributed by atoms with Crippen molar-refractivity contribution in [1.29, 1.82) is 0 Å². The Kier molecular flexibility index (Phi) is 25.8. The standard InChI is InChI=1S/C29H33N9O5.C20H24N8O3.C9H12O.C7H4ClNO4/c1-37(29(40)43-20-6-4-18(5-7-20)10-11-30)13-3-15-42-22-9-8-21-23(24(22)41-2)35-28(38-14-12-32-25(21)38)36-26(39)19-16-33-27(31)34-17-19;1-22-6-3-9-31-14-5-4-13-15(16(14)30-2)26-20(28-8-7-23-17(13)28)27-18(29)12-10-24-19(21)25-11-12;1-2-3-8-4-6-9(10)7-5-8;8-7(10)13-6-3-1-5(2-4-6)9(11)12/h4-9,16-17,32H,3,10-15,30H2,1-2H3,(H2,31,33,34);4-5,10-11,22-23H,3,6-9H2,1-2H3,(H2,21,24,25);4-7,10H,2-3H2,1H3;1-4H. The van der Waals surface area contributed by atoms with Crippen LogP contribution in [-0.2, 0) is 25.9 Å². The van der Waals surface area contributed by atoms with Crippen LogP contribution in [0.3, 0.4) is 0 Å². The third kappa shape index (κ3) is 19.5. The molecule has 2 aliphatic rings. The number of halogens is 1. The number of rotatable bonds is 21. The Bertz CT molecular complexity index is 4350. The predicted molar refractivity (Wildman–Crippen MR) is 361 cm³/mol. The van der Waals surface area contributed by atoms with Crippen LogP contribution in [0.4, 0.5) is 38.8 Å². The van der Waals surface area contributed by atoms with Crippen LogP contribution in [0.25, 0.3) is 21.8 Å². The van der Waals surface area contributed by atoms with Crippen molar-refractivity contribution in [3.63, 3.8) is 0 Å². The lowest BCUT2D eigenvalue weighted by Crippen LogP contribution is -2.31. The van der Waals surface area contributed by atoms with Gasteiger partial charge in [-0.15, -0.1) is 0 Å². The maximum atomic E-state index is 12.8. The van der Waals surface area contributed by atoms with Gasteiger partial charge in [-0.3, -0.25) is 28.8 Å². The molecule has 3 amide bonds. The summed E-state index contributed by atoms with van der Waals surface area (Å²) in [5.41, 5.74) is 19.9. The second kappa shape index (κ2) is 35.1. The fraction of sp³-hybridized carbons (Fsp3) is 0.292. The molecule has 0 saturated heterocycles. The SMILES string of the molecule is CCCc1ccc(O)cc1.CNCCCOc1ccc2c3n(c(=NC(=O)c4cnc(N)nc4)nc2c1OC)CCN3.COc1c(OCCCN(C)C(=O)Oc2ccc(CCN)cc2)ccc2c3n(c(=NC(=O)c4cnc(N)nc4)nc12)CCN3.O=C(Cl)Oc1ccc([N+](=O)[O-])cc1. The summed E-state index contributed by atoms with van der Waals surface area (Å²) >= 11 is 4.92. The minimum absolute atomic E-state index is 0.0632. The average Bonchev–Trinajstić information content (AvgIpc) is 1.75. The van der Waals surface area contributed by atoms with Gasteiger partial charge >= 0.3 is 11.5 Å². The van der Waals surface area contributed by atoms with E-state index in [0.717, 1.165) is 60.2 Å². The molecule has 508 valence electrons. The molecule has 0 spiro atoms. The van der Waals surface area contributed by atoms with E-state index in [9.17, 15) is 29.3 Å². The van der Waals surface area contributed by atoms with Crippen molar-refractivity contribution in [2.24, 2.45) is 15.7 Å². The molecule has 5 aromatic carbocycles. The third-order valence-corrected chi connectivity index (χ3v) is 14.4. The third-order valence-electron chi connectivity index (χ3n) is 14.4.